The van der Waals surface area contributed by atoms with Gasteiger partial charge in [0, 0.05) is 32.4 Å². The summed E-state index contributed by atoms with van der Waals surface area (Å²) in [6.45, 7) is 8.52. The molecule has 0 aliphatic carbocycles. The van der Waals surface area contributed by atoms with Crippen molar-refractivity contribution in [3.8, 4) is 0 Å². The molecule has 112 valence electrons. The largest absolute Gasteiger partial charge is 0.353 e. The summed E-state index contributed by atoms with van der Waals surface area (Å²) < 4.78 is 1.14. The molecule has 1 aromatic rings. The van der Waals surface area contributed by atoms with E-state index in [0.29, 0.717) is 0 Å². The third-order valence-electron chi connectivity index (χ3n) is 3.91. The molecule has 0 saturated carbocycles. The third kappa shape index (κ3) is 4.17. The van der Waals surface area contributed by atoms with Crippen molar-refractivity contribution in [3.63, 3.8) is 0 Å². The number of piperazine rings is 1. The number of halogens is 1. The molecular formula is C15H25BrN4. The van der Waals surface area contributed by atoms with Crippen molar-refractivity contribution >= 4 is 21.7 Å². The first-order valence-corrected chi connectivity index (χ1v) is 8.30. The smallest absolute Gasteiger partial charge is 0.143 e. The molecule has 1 aliphatic rings. The van der Waals surface area contributed by atoms with Crippen LogP contribution in [0.15, 0.2) is 16.7 Å². The molecule has 5 heteroatoms. The van der Waals surface area contributed by atoms with Gasteiger partial charge >= 0.3 is 0 Å². The van der Waals surface area contributed by atoms with Crippen molar-refractivity contribution < 1.29 is 0 Å². The predicted octanol–water partition coefficient (Wildman–Crippen LogP) is 2.40. The van der Waals surface area contributed by atoms with E-state index in [1.54, 1.807) is 0 Å². The van der Waals surface area contributed by atoms with Crippen LogP contribution in [0.4, 0.5) is 5.82 Å². The summed E-state index contributed by atoms with van der Waals surface area (Å²) in [6, 6.07) is 2.04. The number of nitrogens with zero attached hydrogens (tertiary/aromatic N) is 3. The molecule has 1 aromatic heterocycles. The van der Waals surface area contributed by atoms with Crippen molar-refractivity contribution in [2.75, 3.05) is 44.2 Å². The quantitative estimate of drug-likeness (QED) is 0.807. The Kier molecular flexibility index (Phi) is 6.26. The highest BCUT2D eigenvalue weighted by Crippen LogP contribution is 2.27. The average Bonchev–Trinajstić information content (AvgIpc) is 2.47. The van der Waals surface area contributed by atoms with Gasteiger partial charge in [-0.25, -0.2) is 4.98 Å². The van der Waals surface area contributed by atoms with Gasteiger partial charge in [-0.15, -0.1) is 0 Å². The van der Waals surface area contributed by atoms with Gasteiger partial charge < -0.3 is 10.6 Å². The topological polar surface area (TPSA) is 45.4 Å². The highest BCUT2D eigenvalue weighted by Gasteiger charge is 2.19. The monoisotopic (exact) mass is 340 g/mol. The summed E-state index contributed by atoms with van der Waals surface area (Å²) in [5.41, 5.74) is 6.77. The Hall–Kier alpha value is -0.650. The fourth-order valence-corrected chi connectivity index (χ4v) is 3.07. The summed E-state index contributed by atoms with van der Waals surface area (Å²) in [7, 11) is 0. The van der Waals surface area contributed by atoms with E-state index < -0.39 is 0 Å². The number of pyridine rings is 1. The van der Waals surface area contributed by atoms with Gasteiger partial charge in [0.1, 0.15) is 5.82 Å². The first-order valence-electron chi connectivity index (χ1n) is 7.51. The third-order valence-corrected chi connectivity index (χ3v) is 4.89. The normalized spacial score (nSPS) is 16.6. The van der Waals surface area contributed by atoms with Gasteiger partial charge in [0.05, 0.1) is 4.47 Å². The second-order valence-corrected chi connectivity index (χ2v) is 6.24. The number of unbranched alkanes of at least 4 members (excludes halogenated alkanes) is 2. The number of nitrogens with two attached hydrogens (primary N) is 1. The molecule has 0 unspecified atom stereocenters. The SMILES string of the molecule is Cc1ccnc(N2CCN(CCCCCN)CC2)c1Br. The summed E-state index contributed by atoms with van der Waals surface area (Å²) in [4.78, 5) is 9.46. The summed E-state index contributed by atoms with van der Waals surface area (Å²) in [5.74, 6) is 1.09. The van der Waals surface area contributed by atoms with E-state index in [1.807, 2.05) is 12.3 Å². The number of aryl methyl sites for hydroxylation is 1. The van der Waals surface area contributed by atoms with Crippen molar-refractivity contribution in [1.29, 1.82) is 0 Å². The van der Waals surface area contributed by atoms with Gasteiger partial charge in [0.25, 0.3) is 0 Å². The fraction of sp³-hybridized carbons (Fsp3) is 0.667. The van der Waals surface area contributed by atoms with Gasteiger partial charge in [0.2, 0.25) is 0 Å². The molecule has 0 bridgehead atoms. The minimum atomic E-state index is 0.820. The van der Waals surface area contributed by atoms with Crippen LogP contribution in [-0.4, -0.2) is 49.2 Å². The molecule has 2 rings (SSSR count). The van der Waals surface area contributed by atoms with Crippen LogP contribution in [0.25, 0.3) is 0 Å². The minimum absolute atomic E-state index is 0.820. The summed E-state index contributed by atoms with van der Waals surface area (Å²) in [5, 5.41) is 0. The van der Waals surface area contributed by atoms with Crippen LogP contribution in [0.1, 0.15) is 24.8 Å². The van der Waals surface area contributed by atoms with Gasteiger partial charge in [-0.05, 0) is 60.4 Å². The zero-order chi connectivity index (χ0) is 14.4. The van der Waals surface area contributed by atoms with Crippen LogP contribution in [0.5, 0.6) is 0 Å². The lowest BCUT2D eigenvalue weighted by atomic mass is 10.2. The van der Waals surface area contributed by atoms with Crippen LogP contribution in [-0.2, 0) is 0 Å². The fourth-order valence-electron chi connectivity index (χ4n) is 2.59. The maximum Gasteiger partial charge on any atom is 0.143 e. The molecule has 0 aromatic carbocycles. The number of aromatic nitrogens is 1. The zero-order valence-electron chi connectivity index (χ0n) is 12.3. The van der Waals surface area contributed by atoms with Crippen molar-refractivity contribution in [2.45, 2.75) is 26.2 Å². The number of anilines is 1. The Bertz CT molecular complexity index is 416. The molecule has 0 radical (unpaired) electrons. The Balaban J connectivity index is 1.80. The summed E-state index contributed by atoms with van der Waals surface area (Å²) >= 11 is 3.66. The van der Waals surface area contributed by atoms with Gasteiger partial charge in [-0.1, -0.05) is 6.42 Å². The molecular weight excluding hydrogens is 316 g/mol. The number of hydrogen-bond donors (Lipinski definition) is 1. The maximum atomic E-state index is 5.53. The van der Waals surface area contributed by atoms with Gasteiger partial charge in [-0.3, -0.25) is 4.90 Å². The molecule has 2 N–H and O–H groups in total. The van der Waals surface area contributed by atoms with E-state index in [-0.39, 0.29) is 0 Å². The zero-order valence-corrected chi connectivity index (χ0v) is 13.9. The van der Waals surface area contributed by atoms with Crippen molar-refractivity contribution in [1.82, 2.24) is 9.88 Å². The maximum absolute atomic E-state index is 5.53. The Morgan fingerprint density at radius 3 is 2.65 bits per heavy atom. The van der Waals surface area contributed by atoms with E-state index in [2.05, 4.69) is 37.6 Å². The van der Waals surface area contributed by atoms with Gasteiger partial charge in [-0.2, -0.15) is 0 Å². The Morgan fingerprint density at radius 2 is 1.95 bits per heavy atom. The van der Waals surface area contributed by atoms with E-state index >= 15 is 0 Å². The van der Waals surface area contributed by atoms with E-state index in [9.17, 15) is 0 Å². The molecule has 0 atom stereocenters. The van der Waals surface area contributed by atoms with Crippen LogP contribution in [0, 0.1) is 6.92 Å². The van der Waals surface area contributed by atoms with Crippen LogP contribution < -0.4 is 10.6 Å². The molecule has 20 heavy (non-hydrogen) atoms. The second kappa shape index (κ2) is 7.96. The number of hydrogen-bond acceptors (Lipinski definition) is 4. The van der Waals surface area contributed by atoms with Crippen LogP contribution in [0.2, 0.25) is 0 Å². The van der Waals surface area contributed by atoms with Gasteiger partial charge in [0.15, 0.2) is 0 Å². The highest BCUT2D eigenvalue weighted by molar-refractivity contribution is 9.10. The first kappa shape index (κ1) is 15.7. The lowest BCUT2D eigenvalue weighted by Gasteiger charge is -2.36. The molecule has 4 nitrogen and oxygen atoms in total. The van der Waals surface area contributed by atoms with Crippen LogP contribution >= 0.6 is 15.9 Å². The van der Waals surface area contributed by atoms with E-state index in [1.165, 1.54) is 24.9 Å². The molecule has 1 aliphatic heterocycles. The molecule has 1 saturated heterocycles. The standard InChI is InChI=1S/C15H25BrN4/c1-13-5-7-18-15(14(13)16)20-11-9-19(10-12-20)8-4-2-3-6-17/h5,7H,2-4,6,8-12,17H2,1H3. The minimum Gasteiger partial charge on any atom is -0.353 e. The van der Waals surface area contributed by atoms with E-state index in [4.69, 9.17) is 5.73 Å². The first-order chi connectivity index (χ1) is 9.72. The average molecular weight is 341 g/mol. The second-order valence-electron chi connectivity index (χ2n) is 5.44. The Labute approximate surface area is 130 Å². The molecule has 2 heterocycles. The molecule has 0 amide bonds. The van der Waals surface area contributed by atoms with Crippen molar-refractivity contribution in [3.05, 3.63) is 22.3 Å². The lowest BCUT2D eigenvalue weighted by Crippen LogP contribution is -2.47. The van der Waals surface area contributed by atoms with Crippen molar-refractivity contribution in [2.24, 2.45) is 5.73 Å². The highest BCUT2D eigenvalue weighted by atomic mass is 79.9. The summed E-state index contributed by atoms with van der Waals surface area (Å²) in [6.07, 6.45) is 5.57. The number of rotatable bonds is 6. The lowest BCUT2D eigenvalue weighted by molar-refractivity contribution is 0.252. The molecule has 1 fully saturated rings. The predicted molar refractivity (Wildman–Crippen MR) is 88.2 cm³/mol. The Morgan fingerprint density at radius 1 is 1.20 bits per heavy atom. The van der Waals surface area contributed by atoms with E-state index in [0.717, 1.165) is 49.4 Å². The molecule has 0 spiro atoms. The van der Waals surface area contributed by atoms with Crippen LogP contribution in [0.3, 0.4) is 0 Å².